The molecule has 6 rings (SSSR count). The highest BCUT2D eigenvalue weighted by molar-refractivity contribution is 5.99. The smallest absolute Gasteiger partial charge is 0.309 e. The van der Waals surface area contributed by atoms with Crippen LogP contribution in [0.25, 0.3) is 27.5 Å². The Morgan fingerprint density at radius 3 is 2.68 bits per heavy atom. The second-order valence-corrected chi connectivity index (χ2v) is 10.3. The zero-order chi connectivity index (χ0) is 23.6. The molecule has 1 aliphatic carbocycles. The van der Waals surface area contributed by atoms with E-state index in [1.54, 1.807) is 6.92 Å². The van der Waals surface area contributed by atoms with Crippen molar-refractivity contribution in [3.63, 3.8) is 0 Å². The van der Waals surface area contributed by atoms with Crippen molar-refractivity contribution in [2.75, 3.05) is 13.2 Å². The number of aryl methyl sites for hydroxylation is 1. The molecule has 0 spiro atoms. The summed E-state index contributed by atoms with van der Waals surface area (Å²) in [4.78, 5) is 11.9. The van der Waals surface area contributed by atoms with Gasteiger partial charge < -0.3 is 14.4 Å². The van der Waals surface area contributed by atoms with Gasteiger partial charge in [-0.2, -0.15) is 5.10 Å². The summed E-state index contributed by atoms with van der Waals surface area (Å²) in [6, 6.07) is 9.58. The molecule has 34 heavy (non-hydrogen) atoms. The number of fused-ring (bicyclic) bond motifs is 2. The van der Waals surface area contributed by atoms with Crippen molar-refractivity contribution in [1.82, 2.24) is 14.8 Å². The Morgan fingerprint density at radius 1 is 1.21 bits per heavy atom. The molecule has 2 N–H and O–H groups in total. The molecule has 7 heteroatoms. The lowest BCUT2D eigenvalue weighted by Crippen LogP contribution is -2.40. The van der Waals surface area contributed by atoms with Crippen LogP contribution in [0.2, 0.25) is 0 Å². The predicted molar refractivity (Wildman–Crippen MR) is 128 cm³/mol. The first-order valence-electron chi connectivity index (χ1n) is 11.9. The molecule has 0 atom stereocenters. The minimum Gasteiger partial charge on any atom is -0.481 e. The second kappa shape index (κ2) is 7.67. The lowest BCUT2D eigenvalue weighted by Gasteiger charge is -2.43. The summed E-state index contributed by atoms with van der Waals surface area (Å²) in [5.74, 6) is -0.508. The number of benzene rings is 2. The first-order chi connectivity index (χ1) is 16.4. The number of nitrogens with one attached hydrogen (secondary N) is 1. The van der Waals surface area contributed by atoms with Gasteiger partial charge in [0.1, 0.15) is 5.82 Å². The van der Waals surface area contributed by atoms with E-state index in [-0.39, 0.29) is 17.7 Å². The molecule has 0 unspecified atom stereocenters. The average Bonchev–Trinajstić information content (AvgIpc) is 3.39. The number of aromatic nitrogens is 3. The molecule has 3 heterocycles. The van der Waals surface area contributed by atoms with Gasteiger partial charge in [-0.25, -0.2) is 4.39 Å². The number of H-pyrrole nitrogens is 1. The van der Waals surface area contributed by atoms with Crippen LogP contribution in [-0.2, 0) is 9.53 Å². The van der Waals surface area contributed by atoms with Gasteiger partial charge in [0.15, 0.2) is 0 Å². The molecule has 1 aliphatic heterocycles. The van der Waals surface area contributed by atoms with E-state index >= 15 is 0 Å². The first kappa shape index (κ1) is 21.4. The highest BCUT2D eigenvalue weighted by atomic mass is 19.1. The van der Waals surface area contributed by atoms with Crippen molar-refractivity contribution in [3.05, 3.63) is 59.2 Å². The highest BCUT2D eigenvalue weighted by Gasteiger charge is 2.49. The highest BCUT2D eigenvalue weighted by Crippen LogP contribution is 2.55. The Balaban J connectivity index is 1.65. The van der Waals surface area contributed by atoms with E-state index in [2.05, 4.69) is 26.9 Å². The molecular formula is C27H28FN3O3. The largest absolute Gasteiger partial charge is 0.481 e. The van der Waals surface area contributed by atoms with E-state index in [0.717, 1.165) is 40.3 Å². The lowest BCUT2D eigenvalue weighted by molar-refractivity contribution is -0.154. The molecule has 1 saturated carbocycles. The number of aliphatic carboxylic acids is 1. The Morgan fingerprint density at radius 2 is 1.97 bits per heavy atom. The number of hydrogen-bond acceptors (Lipinski definition) is 3. The number of hydrogen-bond donors (Lipinski definition) is 2. The maximum Gasteiger partial charge on any atom is 0.309 e. The van der Waals surface area contributed by atoms with Crippen molar-refractivity contribution in [1.29, 1.82) is 0 Å². The van der Waals surface area contributed by atoms with Crippen molar-refractivity contribution in [2.45, 2.75) is 51.4 Å². The quantitative estimate of drug-likeness (QED) is 0.402. The standard InChI is InChI=1S/C27H28FN3O3/c1-15-9-19(3-4-21(15)28)31-23-10-17-14-29-30-22(17)11-20(23)24(18-12-27(2,13-18)26(32)33)25(31)16-5-7-34-8-6-16/h3-4,9-11,14,16,18H,5-8,12-13H2,1-2H3,(H,29,30)(H,32,33). The van der Waals surface area contributed by atoms with Crippen LogP contribution in [0.3, 0.4) is 0 Å². The van der Waals surface area contributed by atoms with Gasteiger partial charge in [0, 0.05) is 41.3 Å². The Bertz CT molecular complexity index is 1420. The molecule has 2 aromatic heterocycles. The SMILES string of the molecule is Cc1cc(-n2c(C3CCOCC3)c(C3CC(C)(C(=O)O)C3)c3cc4[nH]ncc4cc32)ccc1F. The van der Waals surface area contributed by atoms with E-state index in [1.807, 2.05) is 25.3 Å². The maximum atomic E-state index is 14.2. The van der Waals surface area contributed by atoms with E-state index < -0.39 is 11.4 Å². The maximum absolute atomic E-state index is 14.2. The topological polar surface area (TPSA) is 80.1 Å². The van der Waals surface area contributed by atoms with Gasteiger partial charge >= 0.3 is 5.97 Å². The molecular weight excluding hydrogens is 433 g/mol. The molecule has 4 aromatic rings. The van der Waals surface area contributed by atoms with Gasteiger partial charge in [-0.05, 0) is 86.9 Å². The first-order valence-corrected chi connectivity index (χ1v) is 11.9. The summed E-state index contributed by atoms with van der Waals surface area (Å²) in [5.41, 5.74) is 5.31. The van der Waals surface area contributed by atoms with E-state index in [9.17, 15) is 14.3 Å². The summed E-state index contributed by atoms with van der Waals surface area (Å²) < 4.78 is 22.2. The van der Waals surface area contributed by atoms with E-state index in [0.29, 0.717) is 31.6 Å². The van der Waals surface area contributed by atoms with Gasteiger partial charge in [0.2, 0.25) is 0 Å². The third kappa shape index (κ3) is 3.17. The van der Waals surface area contributed by atoms with Crippen LogP contribution >= 0.6 is 0 Å². The molecule has 176 valence electrons. The Hall–Kier alpha value is -3.19. The molecule has 2 aromatic carbocycles. The summed E-state index contributed by atoms with van der Waals surface area (Å²) >= 11 is 0. The number of aromatic amines is 1. The number of rotatable bonds is 4. The second-order valence-electron chi connectivity index (χ2n) is 10.3. The zero-order valence-electron chi connectivity index (χ0n) is 19.4. The number of ether oxygens (including phenoxy) is 1. The fraction of sp³-hybridized carbons (Fsp3) is 0.407. The van der Waals surface area contributed by atoms with E-state index in [1.165, 1.54) is 17.3 Å². The third-order valence-corrected chi connectivity index (χ3v) is 7.93. The van der Waals surface area contributed by atoms with Crippen LogP contribution in [0.5, 0.6) is 0 Å². The van der Waals surface area contributed by atoms with Crippen molar-refractivity contribution >= 4 is 27.8 Å². The number of nitrogens with zero attached hydrogens (tertiary/aromatic N) is 2. The fourth-order valence-corrected chi connectivity index (χ4v) is 6.02. The van der Waals surface area contributed by atoms with Gasteiger partial charge in [-0.15, -0.1) is 0 Å². The van der Waals surface area contributed by atoms with Crippen molar-refractivity contribution in [2.24, 2.45) is 5.41 Å². The zero-order valence-corrected chi connectivity index (χ0v) is 19.4. The van der Waals surface area contributed by atoms with Crippen LogP contribution in [0.4, 0.5) is 4.39 Å². The van der Waals surface area contributed by atoms with Crippen LogP contribution in [0.1, 0.15) is 61.3 Å². The van der Waals surface area contributed by atoms with Gasteiger partial charge in [0.25, 0.3) is 0 Å². The average molecular weight is 462 g/mol. The monoisotopic (exact) mass is 461 g/mol. The molecule has 6 nitrogen and oxygen atoms in total. The van der Waals surface area contributed by atoms with Crippen molar-refractivity contribution in [3.8, 4) is 5.69 Å². The van der Waals surface area contributed by atoms with Crippen LogP contribution in [-0.4, -0.2) is 39.1 Å². The third-order valence-electron chi connectivity index (χ3n) is 7.93. The Labute approximate surface area is 196 Å². The Kier molecular flexibility index (Phi) is 4.81. The molecule has 2 aliphatic rings. The van der Waals surface area contributed by atoms with E-state index in [4.69, 9.17) is 4.74 Å². The van der Waals surface area contributed by atoms with Gasteiger partial charge in [-0.3, -0.25) is 9.89 Å². The van der Waals surface area contributed by atoms with Crippen molar-refractivity contribution < 1.29 is 19.0 Å². The molecule has 0 bridgehead atoms. The summed E-state index contributed by atoms with van der Waals surface area (Å²) in [6.45, 7) is 5.04. The number of halogens is 1. The predicted octanol–water partition coefficient (Wildman–Crippen LogP) is 5.82. The summed E-state index contributed by atoms with van der Waals surface area (Å²) in [6.07, 6.45) is 4.86. The number of carbonyl (C=O) groups is 1. The fourth-order valence-electron chi connectivity index (χ4n) is 6.02. The number of carboxylic acids is 1. The van der Waals surface area contributed by atoms with Crippen LogP contribution < -0.4 is 0 Å². The minimum absolute atomic E-state index is 0.157. The van der Waals surface area contributed by atoms with Crippen LogP contribution in [0, 0.1) is 18.2 Å². The molecule has 1 saturated heterocycles. The van der Waals surface area contributed by atoms with Gasteiger partial charge in [0.05, 0.1) is 22.6 Å². The normalized spacial score (nSPS) is 23.4. The molecule has 0 radical (unpaired) electrons. The summed E-state index contributed by atoms with van der Waals surface area (Å²) in [7, 11) is 0. The number of carboxylic acid groups (broad SMARTS) is 1. The molecule has 0 amide bonds. The minimum atomic E-state index is -0.731. The molecule has 2 fully saturated rings. The van der Waals surface area contributed by atoms with Crippen LogP contribution in [0.15, 0.2) is 36.5 Å². The summed E-state index contributed by atoms with van der Waals surface area (Å²) in [5, 5.41) is 19.2. The van der Waals surface area contributed by atoms with Gasteiger partial charge in [-0.1, -0.05) is 0 Å². The lowest BCUT2D eigenvalue weighted by atomic mass is 9.60.